The Kier molecular flexibility index (Phi) is 32.3. The van der Waals surface area contributed by atoms with Gasteiger partial charge in [0.25, 0.3) is 0 Å². The van der Waals surface area contributed by atoms with Crippen LogP contribution >= 0.6 is 0 Å². The lowest BCUT2D eigenvalue weighted by molar-refractivity contribution is -0.332. The van der Waals surface area contributed by atoms with Crippen LogP contribution in [-0.2, 0) is 38.0 Å². The highest BCUT2D eigenvalue weighted by Gasteiger charge is 2.47. The van der Waals surface area contributed by atoms with Crippen LogP contribution in [0.1, 0.15) is 181 Å². The minimum absolute atomic E-state index is 0.149. The molecule has 2 rings (SSSR count). The summed E-state index contributed by atoms with van der Waals surface area (Å²) in [5, 5.41) is 71.9. The summed E-state index contributed by atoms with van der Waals surface area (Å²) in [7, 11) is 0. The number of esters is 2. The molecule has 0 spiro atoms. The molecular weight excluding hydrogens is 805 g/mol. The summed E-state index contributed by atoms with van der Waals surface area (Å²) in [5.41, 5.74) is 0. The maximum Gasteiger partial charge on any atom is 0.306 e. The fourth-order valence-electron chi connectivity index (χ4n) is 7.68. The SMILES string of the molecule is CCCCCCCC/C=C/CCCCCC(=O)O[C@H](COC(=O)CCCCCCCCCCCCCCC)CO[C@@H]1O[C@H](CO[C@@H]2O[C@H](CO)[C@H](O)C(O)C2O)[C@H](O)C(O)C1O. The minimum atomic E-state index is -1.76. The van der Waals surface area contributed by atoms with E-state index in [1.54, 1.807) is 0 Å². The summed E-state index contributed by atoms with van der Waals surface area (Å²) in [6, 6.07) is 0. The number of aliphatic hydroxyl groups excluding tert-OH is 7. The Balaban J connectivity index is 1.84. The van der Waals surface area contributed by atoms with Crippen LogP contribution in [0.25, 0.3) is 0 Å². The lowest BCUT2D eigenvalue weighted by Crippen LogP contribution is -2.61. The molecule has 364 valence electrons. The molecule has 0 bridgehead atoms. The van der Waals surface area contributed by atoms with Crippen molar-refractivity contribution in [1.82, 2.24) is 0 Å². The van der Waals surface area contributed by atoms with Gasteiger partial charge in [-0.1, -0.05) is 142 Å². The summed E-state index contributed by atoms with van der Waals surface area (Å²) < 4.78 is 33.5. The normalized spacial score (nSPS) is 27.1. The van der Waals surface area contributed by atoms with Crippen LogP contribution in [0.3, 0.4) is 0 Å². The van der Waals surface area contributed by atoms with E-state index < -0.39 is 92.7 Å². The van der Waals surface area contributed by atoms with Gasteiger partial charge in [-0.3, -0.25) is 9.59 Å². The van der Waals surface area contributed by atoms with E-state index in [2.05, 4.69) is 26.0 Å². The second-order valence-corrected chi connectivity index (χ2v) is 17.3. The molecule has 0 aliphatic carbocycles. The minimum Gasteiger partial charge on any atom is -0.462 e. The monoisotopic (exact) mass is 891 g/mol. The lowest BCUT2D eigenvalue weighted by Gasteiger charge is -2.42. The Morgan fingerprint density at radius 3 is 1.44 bits per heavy atom. The van der Waals surface area contributed by atoms with Gasteiger partial charge in [0.2, 0.25) is 0 Å². The first-order chi connectivity index (χ1) is 30.0. The summed E-state index contributed by atoms with van der Waals surface area (Å²) >= 11 is 0. The van der Waals surface area contributed by atoms with Crippen LogP contribution in [0.5, 0.6) is 0 Å². The Labute approximate surface area is 371 Å². The van der Waals surface area contributed by atoms with Gasteiger partial charge >= 0.3 is 11.9 Å². The largest absolute Gasteiger partial charge is 0.462 e. The first-order valence-corrected chi connectivity index (χ1v) is 24.3. The fourth-order valence-corrected chi connectivity index (χ4v) is 7.68. The first kappa shape index (κ1) is 56.4. The molecule has 0 radical (unpaired) electrons. The topological polar surface area (TPSA) is 231 Å². The predicted octanol–water partition coefficient (Wildman–Crippen LogP) is 5.82. The van der Waals surface area contributed by atoms with Crippen molar-refractivity contribution in [3.63, 3.8) is 0 Å². The summed E-state index contributed by atoms with van der Waals surface area (Å²) in [6.45, 7) is 2.56. The van der Waals surface area contributed by atoms with Crippen LogP contribution < -0.4 is 0 Å². The first-order valence-electron chi connectivity index (χ1n) is 24.3. The van der Waals surface area contributed by atoms with E-state index >= 15 is 0 Å². The maximum absolute atomic E-state index is 12.9. The number of carbonyl (C=O) groups excluding carboxylic acids is 2. The van der Waals surface area contributed by atoms with Crippen molar-refractivity contribution in [1.29, 1.82) is 0 Å². The number of rotatable bonds is 37. The quantitative estimate of drug-likeness (QED) is 0.0221. The molecule has 0 aromatic heterocycles. The predicted molar refractivity (Wildman–Crippen MR) is 234 cm³/mol. The highest BCUT2D eigenvalue weighted by Crippen LogP contribution is 2.26. The van der Waals surface area contributed by atoms with E-state index in [0.717, 1.165) is 44.9 Å². The number of hydrogen-bond donors (Lipinski definition) is 7. The molecule has 0 saturated carbocycles. The zero-order valence-electron chi connectivity index (χ0n) is 38.1. The molecule has 2 heterocycles. The Bertz CT molecular complexity index is 1140. The third kappa shape index (κ3) is 24.0. The van der Waals surface area contributed by atoms with Crippen molar-refractivity contribution in [3.8, 4) is 0 Å². The van der Waals surface area contributed by atoms with E-state index in [1.165, 1.54) is 96.3 Å². The van der Waals surface area contributed by atoms with E-state index in [4.69, 9.17) is 28.4 Å². The molecule has 11 atom stereocenters. The number of unbranched alkanes of at least 4 members (excludes halogenated alkanes) is 21. The summed E-state index contributed by atoms with van der Waals surface area (Å²) in [5.74, 6) is -0.937. The van der Waals surface area contributed by atoms with Crippen molar-refractivity contribution >= 4 is 11.9 Å². The molecule has 15 nitrogen and oxygen atoms in total. The van der Waals surface area contributed by atoms with Crippen molar-refractivity contribution in [2.75, 3.05) is 26.4 Å². The summed E-state index contributed by atoms with van der Waals surface area (Å²) in [6.07, 6.45) is 15.3. The number of carbonyl (C=O) groups is 2. The van der Waals surface area contributed by atoms with Gasteiger partial charge in [0.05, 0.1) is 19.8 Å². The van der Waals surface area contributed by atoms with Gasteiger partial charge in [0.1, 0.15) is 55.4 Å². The summed E-state index contributed by atoms with van der Waals surface area (Å²) in [4.78, 5) is 25.6. The molecule has 2 fully saturated rings. The maximum atomic E-state index is 12.9. The highest BCUT2D eigenvalue weighted by atomic mass is 16.7. The van der Waals surface area contributed by atoms with Crippen molar-refractivity contribution in [2.45, 2.75) is 248 Å². The molecule has 2 aliphatic heterocycles. The van der Waals surface area contributed by atoms with Crippen LogP contribution in [0.4, 0.5) is 0 Å². The molecule has 2 saturated heterocycles. The second kappa shape index (κ2) is 35.5. The third-order valence-corrected chi connectivity index (χ3v) is 11.7. The van der Waals surface area contributed by atoms with E-state index in [0.29, 0.717) is 12.8 Å². The number of ether oxygens (including phenoxy) is 6. The lowest BCUT2D eigenvalue weighted by atomic mass is 9.98. The van der Waals surface area contributed by atoms with Crippen LogP contribution in [-0.4, -0.2) is 142 Å². The zero-order valence-corrected chi connectivity index (χ0v) is 38.1. The average Bonchev–Trinajstić information content (AvgIpc) is 3.26. The number of allylic oxidation sites excluding steroid dienone is 2. The Morgan fingerprint density at radius 2 is 0.919 bits per heavy atom. The van der Waals surface area contributed by atoms with Crippen molar-refractivity contribution < 1.29 is 73.8 Å². The van der Waals surface area contributed by atoms with Gasteiger partial charge in [0.15, 0.2) is 18.7 Å². The fraction of sp³-hybridized carbons (Fsp3) is 0.915. The number of hydrogen-bond acceptors (Lipinski definition) is 15. The second-order valence-electron chi connectivity index (χ2n) is 17.3. The molecule has 0 aromatic carbocycles. The van der Waals surface area contributed by atoms with Gasteiger partial charge in [-0.05, 0) is 38.5 Å². The average molecular weight is 891 g/mol. The Hall–Kier alpha value is -1.76. The van der Waals surface area contributed by atoms with Gasteiger partial charge in [-0.2, -0.15) is 0 Å². The van der Waals surface area contributed by atoms with Gasteiger partial charge < -0.3 is 64.2 Å². The highest BCUT2D eigenvalue weighted by molar-refractivity contribution is 5.70. The van der Waals surface area contributed by atoms with E-state index in [1.807, 2.05) is 0 Å². The molecule has 0 aromatic rings. The molecule has 62 heavy (non-hydrogen) atoms. The van der Waals surface area contributed by atoms with Gasteiger partial charge in [0, 0.05) is 12.8 Å². The standard InChI is InChI=1S/C47H86O15/c1-3-5-7-9-11-13-15-17-19-21-23-25-27-29-38(49)57-32-35(60-39(50)30-28-26-24-22-20-18-16-14-12-10-8-6-4-2)33-58-46-45(56)43(54)41(52)37(62-46)34-59-47-44(55)42(53)40(51)36(31-48)61-47/h18,20,35-37,40-48,51-56H,3-17,19,21-34H2,1-2H3/b20-18+/t35-,36-,37-,40+,41+,42?,43?,44?,45?,46-,47-/m1/s1. The molecular formula is C47H86O15. The van der Waals surface area contributed by atoms with Crippen molar-refractivity contribution in [2.24, 2.45) is 0 Å². The third-order valence-electron chi connectivity index (χ3n) is 11.7. The van der Waals surface area contributed by atoms with Crippen LogP contribution in [0.2, 0.25) is 0 Å². The molecule has 7 N–H and O–H groups in total. The number of aliphatic hydroxyl groups is 7. The van der Waals surface area contributed by atoms with E-state index in [-0.39, 0.29) is 26.1 Å². The van der Waals surface area contributed by atoms with Crippen LogP contribution in [0, 0.1) is 0 Å². The van der Waals surface area contributed by atoms with Gasteiger partial charge in [-0.25, -0.2) is 0 Å². The molecule has 2 aliphatic rings. The molecule has 4 unspecified atom stereocenters. The van der Waals surface area contributed by atoms with E-state index in [9.17, 15) is 45.3 Å². The molecule has 15 heteroatoms. The zero-order chi connectivity index (χ0) is 45.4. The Morgan fingerprint density at radius 1 is 0.500 bits per heavy atom. The van der Waals surface area contributed by atoms with Gasteiger partial charge in [-0.15, -0.1) is 0 Å². The van der Waals surface area contributed by atoms with Crippen molar-refractivity contribution in [3.05, 3.63) is 12.2 Å². The smallest absolute Gasteiger partial charge is 0.306 e. The van der Waals surface area contributed by atoms with Crippen LogP contribution in [0.15, 0.2) is 12.2 Å². The molecule has 0 amide bonds.